The van der Waals surface area contributed by atoms with Crippen molar-refractivity contribution in [2.75, 3.05) is 12.3 Å². The fraction of sp³-hybridized carbons (Fsp3) is 0.545. The van der Waals surface area contributed by atoms with Crippen LogP contribution in [0.2, 0.25) is 0 Å². The van der Waals surface area contributed by atoms with Crippen molar-refractivity contribution in [2.45, 2.75) is 35.2 Å². The molecule has 0 saturated carbocycles. The zero-order valence-corrected chi connectivity index (χ0v) is 12.6. The van der Waals surface area contributed by atoms with Crippen LogP contribution in [0.25, 0.3) is 11.2 Å². The average Bonchev–Trinajstić information content (AvgIpc) is 3.00. The van der Waals surface area contributed by atoms with Crippen LogP contribution in [0.1, 0.15) is 6.23 Å². The van der Waals surface area contributed by atoms with Crippen molar-refractivity contribution in [1.82, 2.24) is 19.5 Å². The van der Waals surface area contributed by atoms with Gasteiger partial charge in [-0.1, -0.05) is 0 Å². The van der Waals surface area contributed by atoms with Crippen LogP contribution in [-0.4, -0.2) is 65.3 Å². The van der Waals surface area contributed by atoms with Gasteiger partial charge in [0.05, 0.1) is 12.9 Å². The first-order valence-corrected chi connectivity index (χ1v) is 7.41. The Hall–Kier alpha value is -1.67. The topological polar surface area (TPSA) is 140 Å². The molecule has 0 unspecified atom stereocenters. The number of nitrogens with zero attached hydrogens (tertiary/aromatic N) is 4. The van der Waals surface area contributed by atoms with Gasteiger partial charge >= 0.3 is 5.51 Å². The second kappa shape index (κ2) is 6.00. The number of alkyl halides is 3. The van der Waals surface area contributed by atoms with E-state index in [2.05, 4.69) is 15.0 Å². The molecule has 1 aliphatic heterocycles. The minimum Gasteiger partial charge on any atom is -0.394 e. The van der Waals surface area contributed by atoms with Gasteiger partial charge in [-0.15, -0.1) is 0 Å². The first kappa shape index (κ1) is 17.2. The summed E-state index contributed by atoms with van der Waals surface area (Å²) in [6, 6.07) is 0. The molecule has 1 saturated heterocycles. The third-order valence-electron chi connectivity index (χ3n) is 3.43. The lowest BCUT2D eigenvalue weighted by atomic mass is 10.1. The third-order valence-corrected chi connectivity index (χ3v) is 4.02. The number of ether oxygens (including phenoxy) is 1. The summed E-state index contributed by atoms with van der Waals surface area (Å²) >= 11 is -0.545. The smallest absolute Gasteiger partial charge is 0.394 e. The van der Waals surface area contributed by atoms with E-state index >= 15 is 0 Å². The van der Waals surface area contributed by atoms with E-state index in [0.29, 0.717) is 0 Å². The maximum Gasteiger partial charge on any atom is 0.449 e. The highest BCUT2D eigenvalue weighted by atomic mass is 32.2. The number of imidazole rings is 1. The number of rotatable bonds is 3. The molecule has 4 atom stereocenters. The molecule has 9 nitrogen and oxygen atoms in total. The van der Waals surface area contributed by atoms with E-state index < -0.39 is 53.6 Å². The molecule has 5 N–H and O–H groups in total. The van der Waals surface area contributed by atoms with Crippen LogP contribution in [-0.2, 0) is 4.74 Å². The monoisotopic (exact) mass is 367 g/mol. The van der Waals surface area contributed by atoms with Crippen molar-refractivity contribution in [3.8, 4) is 0 Å². The van der Waals surface area contributed by atoms with Crippen LogP contribution in [0.5, 0.6) is 0 Å². The molecule has 1 fully saturated rings. The fourth-order valence-electron chi connectivity index (χ4n) is 2.36. The average molecular weight is 367 g/mol. The maximum atomic E-state index is 12.5. The maximum absolute atomic E-state index is 12.5. The van der Waals surface area contributed by atoms with E-state index in [1.54, 1.807) is 0 Å². The molecule has 24 heavy (non-hydrogen) atoms. The Bertz CT molecular complexity index is 757. The standard InChI is InChI=1S/C11H12F3N5O4S/c12-11(13,14)24-10-17-7(15)4-8(18-10)19(2-16-4)9-6(22)5(21)3(1-20)23-9/h2-3,5-6,9,20-22H,1H2,(H2,15,17,18)/t3-,5-,6-,9-/m1/s1. The minimum absolute atomic E-state index is 0.0271. The number of aliphatic hydroxyl groups is 3. The number of hydrogen-bond acceptors (Lipinski definition) is 9. The van der Waals surface area contributed by atoms with Crippen molar-refractivity contribution < 1.29 is 33.2 Å². The van der Waals surface area contributed by atoms with Gasteiger partial charge in [0.25, 0.3) is 0 Å². The van der Waals surface area contributed by atoms with E-state index in [-0.39, 0.29) is 17.0 Å². The summed E-state index contributed by atoms with van der Waals surface area (Å²) in [5.41, 5.74) is 0.932. The molecule has 2 aromatic rings. The Morgan fingerprint density at radius 3 is 2.58 bits per heavy atom. The molecule has 2 aromatic heterocycles. The Morgan fingerprint density at radius 2 is 2.00 bits per heavy atom. The summed E-state index contributed by atoms with van der Waals surface area (Å²) in [7, 11) is 0. The fourth-order valence-corrected chi connectivity index (χ4v) is 2.85. The highest BCUT2D eigenvalue weighted by molar-refractivity contribution is 8.00. The first-order valence-electron chi connectivity index (χ1n) is 6.59. The van der Waals surface area contributed by atoms with Gasteiger partial charge in [0, 0.05) is 11.8 Å². The van der Waals surface area contributed by atoms with E-state index in [0.717, 1.165) is 10.9 Å². The number of halogens is 3. The third kappa shape index (κ3) is 3.00. The molecule has 13 heteroatoms. The first-order chi connectivity index (χ1) is 11.2. The Morgan fingerprint density at radius 1 is 1.29 bits per heavy atom. The van der Waals surface area contributed by atoms with Crippen LogP contribution in [0.15, 0.2) is 11.5 Å². The number of thioether (sulfide) groups is 1. The molecule has 132 valence electrons. The molecule has 0 amide bonds. The number of anilines is 1. The number of aliphatic hydroxyl groups excluding tert-OH is 3. The molecule has 0 aliphatic carbocycles. The van der Waals surface area contributed by atoms with E-state index in [9.17, 15) is 23.4 Å². The van der Waals surface area contributed by atoms with E-state index in [1.165, 1.54) is 0 Å². The SMILES string of the molecule is Nc1nc(SC(F)(F)F)nc2c1ncn2[C@@H]1O[C@H](CO)[C@@H](O)[C@H]1O. The van der Waals surface area contributed by atoms with Gasteiger partial charge < -0.3 is 25.8 Å². The zero-order chi connectivity index (χ0) is 17.6. The molecule has 1 aliphatic rings. The van der Waals surface area contributed by atoms with Gasteiger partial charge in [-0.2, -0.15) is 13.2 Å². The summed E-state index contributed by atoms with van der Waals surface area (Å²) in [6.45, 7) is -0.548. The van der Waals surface area contributed by atoms with Crippen LogP contribution in [0.4, 0.5) is 19.0 Å². The van der Waals surface area contributed by atoms with Crippen molar-refractivity contribution in [3.63, 3.8) is 0 Å². The Labute approximate surface area is 136 Å². The van der Waals surface area contributed by atoms with Gasteiger partial charge in [0.2, 0.25) is 0 Å². The molecule has 0 radical (unpaired) electrons. The number of fused-ring (bicyclic) bond motifs is 1. The molecular formula is C11H12F3N5O4S. The van der Waals surface area contributed by atoms with Crippen LogP contribution < -0.4 is 5.73 Å². The van der Waals surface area contributed by atoms with Gasteiger partial charge in [-0.3, -0.25) is 4.57 Å². The van der Waals surface area contributed by atoms with Gasteiger partial charge in [0.15, 0.2) is 22.8 Å². The molecule has 3 rings (SSSR count). The number of nitrogens with two attached hydrogens (primary N) is 1. The zero-order valence-electron chi connectivity index (χ0n) is 11.8. The van der Waals surface area contributed by atoms with E-state index in [1.807, 2.05) is 0 Å². The van der Waals surface area contributed by atoms with Crippen LogP contribution in [0.3, 0.4) is 0 Å². The van der Waals surface area contributed by atoms with E-state index in [4.69, 9.17) is 15.6 Å². The minimum atomic E-state index is -4.60. The van der Waals surface area contributed by atoms with Gasteiger partial charge in [0.1, 0.15) is 23.8 Å². The summed E-state index contributed by atoms with van der Waals surface area (Å²) in [5, 5.41) is 28.3. The molecule has 0 aromatic carbocycles. The van der Waals surface area contributed by atoms with Gasteiger partial charge in [-0.25, -0.2) is 15.0 Å². The molecular weight excluding hydrogens is 355 g/mol. The van der Waals surface area contributed by atoms with Crippen molar-refractivity contribution in [1.29, 1.82) is 0 Å². The summed E-state index contributed by atoms with van der Waals surface area (Å²) in [6.07, 6.45) is -3.90. The number of hydrogen-bond donors (Lipinski definition) is 4. The van der Waals surface area contributed by atoms with Crippen LogP contribution in [0, 0.1) is 0 Å². The quantitative estimate of drug-likeness (QED) is 0.423. The Balaban J connectivity index is 2.03. The molecule has 3 heterocycles. The predicted octanol–water partition coefficient (Wildman–Crippen LogP) is -0.368. The molecule has 0 spiro atoms. The number of aromatic nitrogens is 4. The number of nitrogen functional groups attached to an aromatic ring is 1. The van der Waals surface area contributed by atoms with Gasteiger partial charge in [-0.05, 0) is 0 Å². The van der Waals surface area contributed by atoms with Crippen molar-refractivity contribution in [3.05, 3.63) is 6.33 Å². The lowest BCUT2D eigenvalue weighted by molar-refractivity contribution is -0.0511. The van der Waals surface area contributed by atoms with Crippen molar-refractivity contribution >= 4 is 28.7 Å². The largest absolute Gasteiger partial charge is 0.449 e. The summed E-state index contributed by atoms with van der Waals surface area (Å²) in [5.74, 6) is -0.266. The highest BCUT2D eigenvalue weighted by Gasteiger charge is 2.44. The predicted molar refractivity (Wildman–Crippen MR) is 74.7 cm³/mol. The second-order valence-electron chi connectivity index (χ2n) is 4.99. The normalized spacial score (nSPS) is 27.9. The highest BCUT2D eigenvalue weighted by Crippen LogP contribution is 2.37. The second-order valence-corrected chi connectivity index (χ2v) is 6.02. The Kier molecular flexibility index (Phi) is 4.29. The van der Waals surface area contributed by atoms with Crippen molar-refractivity contribution in [2.24, 2.45) is 0 Å². The lowest BCUT2D eigenvalue weighted by Gasteiger charge is -2.16. The molecule has 0 bridgehead atoms. The summed E-state index contributed by atoms with van der Waals surface area (Å²) < 4.78 is 44.0. The lowest BCUT2D eigenvalue weighted by Crippen LogP contribution is -2.33. The van der Waals surface area contributed by atoms with Crippen LogP contribution >= 0.6 is 11.8 Å². The summed E-state index contributed by atoms with van der Waals surface area (Å²) in [4.78, 5) is 11.2.